The predicted molar refractivity (Wildman–Crippen MR) is 116 cm³/mol. The molecule has 1 aliphatic heterocycles. The van der Waals surface area contributed by atoms with E-state index in [1.54, 1.807) is 37.3 Å². The summed E-state index contributed by atoms with van der Waals surface area (Å²) in [6.45, 7) is 5.56. The van der Waals surface area contributed by atoms with Crippen LogP contribution < -0.4 is 10.2 Å². The van der Waals surface area contributed by atoms with E-state index in [-0.39, 0.29) is 11.9 Å². The Balaban J connectivity index is 1.47. The second-order valence-electron chi connectivity index (χ2n) is 6.71. The summed E-state index contributed by atoms with van der Waals surface area (Å²) in [6, 6.07) is 12.3. The zero-order valence-corrected chi connectivity index (χ0v) is 17.7. The maximum Gasteiger partial charge on any atom is 0.338 e. The van der Waals surface area contributed by atoms with Crippen LogP contribution >= 0.6 is 23.2 Å². The Hall–Kier alpha value is -2.28. The molecule has 0 aromatic heterocycles. The molecule has 29 heavy (non-hydrogen) atoms. The number of carbonyl (C=O) groups is 2. The number of hydrogen-bond acceptors (Lipinski definition) is 5. The monoisotopic (exact) mass is 435 g/mol. The van der Waals surface area contributed by atoms with Crippen LogP contribution in [0.2, 0.25) is 10.0 Å². The average Bonchev–Trinajstić information content (AvgIpc) is 2.71. The fraction of sp³-hybridized carbons (Fsp3) is 0.333. The Labute approximate surface area is 180 Å². The highest BCUT2D eigenvalue weighted by Gasteiger charge is 2.20. The van der Waals surface area contributed by atoms with E-state index in [2.05, 4.69) is 15.1 Å². The van der Waals surface area contributed by atoms with Crippen LogP contribution in [0.1, 0.15) is 17.3 Å². The van der Waals surface area contributed by atoms with Crippen LogP contribution in [0.3, 0.4) is 0 Å². The Kier molecular flexibility index (Phi) is 7.36. The first-order valence-electron chi connectivity index (χ1n) is 9.45. The molecule has 2 aromatic carbocycles. The lowest BCUT2D eigenvalue weighted by molar-refractivity contribution is -0.117. The Bertz CT molecular complexity index is 866. The maximum absolute atomic E-state index is 12.3. The van der Waals surface area contributed by atoms with Crippen LogP contribution in [0.4, 0.5) is 11.4 Å². The Morgan fingerprint density at radius 1 is 1.00 bits per heavy atom. The summed E-state index contributed by atoms with van der Waals surface area (Å²) in [5.41, 5.74) is 2.14. The molecular formula is C21H23Cl2N3O3. The molecule has 0 atom stereocenters. The smallest absolute Gasteiger partial charge is 0.338 e. The van der Waals surface area contributed by atoms with E-state index in [9.17, 15) is 9.59 Å². The molecule has 1 amide bonds. The van der Waals surface area contributed by atoms with Gasteiger partial charge in [0, 0.05) is 37.6 Å². The van der Waals surface area contributed by atoms with Crippen molar-refractivity contribution in [2.75, 3.05) is 49.5 Å². The first-order valence-corrected chi connectivity index (χ1v) is 10.2. The molecule has 0 aliphatic carbocycles. The van der Waals surface area contributed by atoms with E-state index >= 15 is 0 Å². The van der Waals surface area contributed by atoms with Crippen molar-refractivity contribution in [2.45, 2.75) is 6.92 Å². The first kappa shape index (κ1) is 21.4. The number of piperazine rings is 1. The minimum Gasteiger partial charge on any atom is -0.462 e. The topological polar surface area (TPSA) is 61.9 Å². The van der Waals surface area contributed by atoms with Crippen LogP contribution in [0.5, 0.6) is 0 Å². The van der Waals surface area contributed by atoms with E-state index in [4.69, 9.17) is 27.9 Å². The molecule has 3 rings (SSSR count). The minimum atomic E-state index is -0.370. The van der Waals surface area contributed by atoms with Gasteiger partial charge in [0.25, 0.3) is 0 Å². The third kappa shape index (κ3) is 5.85. The minimum absolute atomic E-state index is 0.0862. The fourth-order valence-electron chi connectivity index (χ4n) is 3.15. The molecular weight excluding hydrogens is 413 g/mol. The lowest BCUT2D eigenvalue weighted by Crippen LogP contribution is -2.48. The quantitative estimate of drug-likeness (QED) is 0.696. The van der Waals surface area contributed by atoms with Crippen molar-refractivity contribution in [3.05, 3.63) is 58.1 Å². The highest BCUT2D eigenvalue weighted by Crippen LogP contribution is 2.27. The summed E-state index contributed by atoms with van der Waals surface area (Å²) in [5.74, 6) is -0.456. The zero-order chi connectivity index (χ0) is 20.8. The van der Waals surface area contributed by atoms with Crippen LogP contribution in [0, 0.1) is 0 Å². The predicted octanol–water partition coefficient (Wildman–Crippen LogP) is 3.93. The zero-order valence-electron chi connectivity index (χ0n) is 16.2. The number of halogens is 2. The van der Waals surface area contributed by atoms with Gasteiger partial charge in [0.15, 0.2) is 0 Å². The molecule has 1 fully saturated rings. The summed E-state index contributed by atoms with van der Waals surface area (Å²) < 4.78 is 4.95. The molecule has 1 N–H and O–H groups in total. The summed E-state index contributed by atoms with van der Waals surface area (Å²) >= 11 is 12.1. The van der Waals surface area contributed by atoms with Crippen molar-refractivity contribution in [3.8, 4) is 0 Å². The normalized spacial score (nSPS) is 14.5. The number of carbonyl (C=O) groups excluding carboxylic acids is 2. The number of rotatable bonds is 6. The number of nitrogens with zero attached hydrogens (tertiary/aromatic N) is 2. The third-order valence-electron chi connectivity index (χ3n) is 4.69. The van der Waals surface area contributed by atoms with Gasteiger partial charge >= 0.3 is 5.97 Å². The number of benzene rings is 2. The van der Waals surface area contributed by atoms with E-state index in [1.807, 2.05) is 12.1 Å². The van der Waals surface area contributed by atoms with Gasteiger partial charge in [-0.25, -0.2) is 4.79 Å². The molecule has 6 nitrogen and oxygen atoms in total. The van der Waals surface area contributed by atoms with Gasteiger partial charge in [-0.1, -0.05) is 23.2 Å². The van der Waals surface area contributed by atoms with Crippen LogP contribution in [-0.2, 0) is 9.53 Å². The number of amides is 1. The molecule has 1 heterocycles. The highest BCUT2D eigenvalue weighted by atomic mass is 35.5. The van der Waals surface area contributed by atoms with E-state index in [0.29, 0.717) is 34.4 Å². The SMILES string of the molecule is CCOC(=O)c1ccc(NC(=O)CN2CCN(c3ccc(Cl)c(Cl)c3)CC2)cc1. The van der Waals surface area contributed by atoms with Gasteiger partial charge in [0.05, 0.1) is 28.8 Å². The molecule has 8 heteroatoms. The second kappa shape index (κ2) is 9.96. The second-order valence-corrected chi connectivity index (χ2v) is 7.52. The molecule has 1 saturated heterocycles. The number of esters is 1. The number of nitrogens with one attached hydrogen (secondary N) is 1. The molecule has 154 valence electrons. The molecule has 0 unspecified atom stereocenters. The average molecular weight is 436 g/mol. The highest BCUT2D eigenvalue weighted by molar-refractivity contribution is 6.42. The lowest BCUT2D eigenvalue weighted by Gasteiger charge is -2.35. The van der Waals surface area contributed by atoms with Gasteiger partial charge in [-0.3, -0.25) is 9.69 Å². The Morgan fingerprint density at radius 2 is 1.69 bits per heavy atom. The van der Waals surface area contributed by atoms with Crippen LogP contribution in [0.15, 0.2) is 42.5 Å². The van der Waals surface area contributed by atoms with Gasteiger partial charge in [0.1, 0.15) is 0 Å². The molecule has 0 radical (unpaired) electrons. The maximum atomic E-state index is 12.3. The fourth-order valence-corrected chi connectivity index (χ4v) is 3.45. The van der Waals surface area contributed by atoms with E-state index in [1.165, 1.54) is 0 Å². The van der Waals surface area contributed by atoms with Gasteiger partial charge in [-0.05, 0) is 49.4 Å². The van der Waals surface area contributed by atoms with Gasteiger partial charge in [-0.15, -0.1) is 0 Å². The van der Waals surface area contributed by atoms with Crippen molar-refractivity contribution in [1.29, 1.82) is 0 Å². The van der Waals surface area contributed by atoms with E-state index in [0.717, 1.165) is 31.9 Å². The Morgan fingerprint density at radius 3 is 2.31 bits per heavy atom. The number of hydrogen-bond donors (Lipinski definition) is 1. The molecule has 0 spiro atoms. The van der Waals surface area contributed by atoms with Crippen molar-refractivity contribution in [3.63, 3.8) is 0 Å². The van der Waals surface area contributed by atoms with Crippen molar-refractivity contribution < 1.29 is 14.3 Å². The van der Waals surface area contributed by atoms with Gasteiger partial charge in [0.2, 0.25) is 5.91 Å². The number of anilines is 2. The third-order valence-corrected chi connectivity index (χ3v) is 5.43. The molecule has 2 aromatic rings. The summed E-state index contributed by atoms with van der Waals surface area (Å²) in [4.78, 5) is 28.4. The van der Waals surface area contributed by atoms with E-state index < -0.39 is 0 Å². The number of ether oxygens (including phenoxy) is 1. The summed E-state index contributed by atoms with van der Waals surface area (Å²) in [6.07, 6.45) is 0. The van der Waals surface area contributed by atoms with Crippen LogP contribution in [0.25, 0.3) is 0 Å². The summed E-state index contributed by atoms with van der Waals surface area (Å²) in [7, 11) is 0. The molecule has 0 saturated carbocycles. The summed E-state index contributed by atoms with van der Waals surface area (Å²) in [5, 5.41) is 3.95. The standard InChI is InChI=1S/C21H23Cl2N3O3/c1-2-29-21(28)15-3-5-16(6-4-15)24-20(27)14-25-9-11-26(12-10-25)17-7-8-18(22)19(23)13-17/h3-8,13H,2,9-12,14H2,1H3,(H,24,27). The first-order chi connectivity index (χ1) is 14.0. The largest absolute Gasteiger partial charge is 0.462 e. The molecule has 1 aliphatic rings. The molecule has 0 bridgehead atoms. The van der Waals surface area contributed by atoms with Crippen molar-refractivity contribution in [1.82, 2.24) is 4.90 Å². The van der Waals surface area contributed by atoms with Gasteiger partial charge in [-0.2, -0.15) is 0 Å². The van der Waals surface area contributed by atoms with Gasteiger partial charge < -0.3 is 15.0 Å². The van der Waals surface area contributed by atoms with Crippen molar-refractivity contribution >= 4 is 46.5 Å². The van der Waals surface area contributed by atoms with Crippen molar-refractivity contribution in [2.24, 2.45) is 0 Å². The van der Waals surface area contributed by atoms with Crippen LogP contribution in [-0.4, -0.2) is 56.1 Å². The lowest BCUT2D eigenvalue weighted by atomic mass is 10.2.